The van der Waals surface area contributed by atoms with Gasteiger partial charge in [-0.15, -0.1) is 11.8 Å². The van der Waals surface area contributed by atoms with Gasteiger partial charge in [-0.05, 0) is 37.4 Å². The Bertz CT molecular complexity index is 857. The number of rotatable bonds is 6. The molecule has 3 rings (SSSR count). The average Bonchev–Trinajstić information content (AvgIpc) is 2.99. The Hall–Kier alpha value is -2.24. The molecule has 0 saturated heterocycles. The van der Waals surface area contributed by atoms with Crippen molar-refractivity contribution in [2.75, 3.05) is 18.2 Å². The molecule has 5 heteroatoms. The van der Waals surface area contributed by atoms with Crippen molar-refractivity contribution in [2.24, 2.45) is 0 Å². The van der Waals surface area contributed by atoms with Crippen LogP contribution in [-0.4, -0.2) is 18.8 Å². The summed E-state index contributed by atoms with van der Waals surface area (Å²) >= 11 is 1.63. The monoisotopic (exact) mass is 341 g/mol. The van der Waals surface area contributed by atoms with Crippen molar-refractivity contribution in [3.63, 3.8) is 0 Å². The van der Waals surface area contributed by atoms with E-state index in [4.69, 9.17) is 9.15 Å². The lowest BCUT2D eigenvalue weighted by Crippen LogP contribution is -2.13. The van der Waals surface area contributed by atoms with Crippen LogP contribution in [0.4, 0.5) is 5.69 Å². The predicted octanol–water partition coefficient (Wildman–Crippen LogP) is 4.94. The van der Waals surface area contributed by atoms with E-state index in [1.165, 1.54) is 0 Å². The molecule has 0 fully saturated rings. The first kappa shape index (κ1) is 16.6. The summed E-state index contributed by atoms with van der Waals surface area (Å²) < 4.78 is 11.3. The second-order valence-electron chi connectivity index (χ2n) is 5.23. The highest BCUT2D eigenvalue weighted by Crippen LogP contribution is 2.28. The zero-order valence-electron chi connectivity index (χ0n) is 13.7. The highest BCUT2D eigenvalue weighted by molar-refractivity contribution is 7.98. The molecule has 4 nitrogen and oxygen atoms in total. The third-order valence-electron chi connectivity index (χ3n) is 3.68. The van der Waals surface area contributed by atoms with Crippen molar-refractivity contribution < 1.29 is 13.9 Å². The van der Waals surface area contributed by atoms with Crippen molar-refractivity contribution in [3.05, 3.63) is 59.9 Å². The number of carbonyl (C=O) groups excluding carboxylic acids is 1. The smallest absolute Gasteiger partial charge is 0.291 e. The van der Waals surface area contributed by atoms with Gasteiger partial charge in [-0.1, -0.05) is 24.3 Å². The molecular formula is C19H19NO3S. The Morgan fingerprint density at radius 1 is 1.21 bits per heavy atom. The Kier molecular flexibility index (Phi) is 5.23. The van der Waals surface area contributed by atoms with E-state index in [1.807, 2.05) is 61.7 Å². The molecule has 0 unspecified atom stereocenters. The molecule has 1 N–H and O–H groups in total. The number of hydrogen-bond acceptors (Lipinski definition) is 4. The fourth-order valence-corrected chi connectivity index (χ4v) is 2.98. The lowest BCUT2D eigenvalue weighted by molar-refractivity contribution is 0.0984. The highest BCUT2D eigenvalue weighted by Gasteiger charge is 2.20. The number of thioether (sulfide) groups is 1. The molecule has 0 atom stereocenters. The average molecular weight is 341 g/mol. The van der Waals surface area contributed by atoms with E-state index in [9.17, 15) is 4.79 Å². The fourth-order valence-electron chi connectivity index (χ4n) is 2.52. The van der Waals surface area contributed by atoms with Crippen LogP contribution in [0, 0.1) is 0 Å². The Balaban J connectivity index is 1.93. The maximum atomic E-state index is 12.7. The summed E-state index contributed by atoms with van der Waals surface area (Å²) in [6.07, 6.45) is 2.00. The molecule has 1 heterocycles. The molecule has 0 aliphatic carbocycles. The van der Waals surface area contributed by atoms with Crippen molar-refractivity contribution in [1.82, 2.24) is 0 Å². The van der Waals surface area contributed by atoms with E-state index in [0.717, 1.165) is 21.5 Å². The van der Waals surface area contributed by atoms with Crippen molar-refractivity contribution in [3.8, 4) is 0 Å². The number of carbonyl (C=O) groups is 1. The number of hydrogen-bond donors (Lipinski definition) is 1. The minimum absolute atomic E-state index is 0.265. The Morgan fingerprint density at radius 2 is 2.04 bits per heavy atom. The normalized spacial score (nSPS) is 10.9. The van der Waals surface area contributed by atoms with Crippen LogP contribution in [0.3, 0.4) is 0 Å². The van der Waals surface area contributed by atoms with Crippen LogP contribution >= 0.6 is 11.8 Å². The number of nitrogens with one attached hydrogen (secondary N) is 1. The van der Waals surface area contributed by atoms with Gasteiger partial charge in [0.15, 0.2) is 5.76 Å². The third kappa shape index (κ3) is 3.47. The Morgan fingerprint density at radius 3 is 2.83 bits per heavy atom. The van der Waals surface area contributed by atoms with Crippen LogP contribution in [0.1, 0.15) is 23.0 Å². The quantitative estimate of drug-likeness (QED) is 0.645. The van der Waals surface area contributed by atoms with Crippen LogP contribution in [0.2, 0.25) is 0 Å². The van der Waals surface area contributed by atoms with Crippen molar-refractivity contribution >= 4 is 34.3 Å². The summed E-state index contributed by atoms with van der Waals surface area (Å²) in [5.41, 5.74) is 2.22. The molecule has 24 heavy (non-hydrogen) atoms. The molecule has 3 aromatic rings. The van der Waals surface area contributed by atoms with Gasteiger partial charge in [0.25, 0.3) is 5.91 Å². The summed E-state index contributed by atoms with van der Waals surface area (Å²) in [5.74, 6) is 0.0401. The number of para-hydroxylation sites is 1. The standard InChI is InChI=1S/C19H19NO3S/c1-3-22-12-16-15-9-4-5-10-17(15)23-18(16)19(21)20-13-7-6-8-14(11-13)24-2/h4-11H,3,12H2,1-2H3,(H,20,21). The van der Waals surface area contributed by atoms with Crippen molar-refractivity contribution in [1.29, 1.82) is 0 Å². The van der Waals surface area contributed by atoms with Crippen LogP contribution < -0.4 is 5.32 Å². The molecule has 124 valence electrons. The van der Waals surface area contributed by atoms with Gasteiger partial charge in [0.05, 0.1) is 6.61 Å². The molecular weight excluding hydrogens is 322 g/mol. The van der Waals surface area contributed by atoms with E-state index < -0.39 is 0 Å². The lowest BCUT2D eigenvalue weighted by atomic mass is 10.1. The first-order chi connectivity index (χ1) is 11.7. The number of anilines is 1. The van der Waals surface area contributed by atoms with E-state index in [1.54, 1.807) is 11.8 Å². The van der Waals surface area contributed by atoms with Gasteiger partial charge in [-0.25, -0.2) is 0 Å². The van der Waals surface area contributed by atoms with Gasteiger partial charge in [-0.3, -0.25) is 4.79 Å². The van der Waals surface area contributed by atoms with Crippen LogP contribution in [0.25, 0.3) is 11.0 Å². The van der Waals surface area contributed by atoms with Gasteiger partial charge < -0.3 is 14.5 Å². The highest BCUT2D eigenvalue weighted by atomic mass is 32.2. The topological polar surface area (TPSA) is 51.5 Å². The zero-order valence-corrected chi connectivity index (χ0v) is 14.5. The predicted molar refractivity (Wildman–Crippen MR) is 97.7 cm³/mol. The maximum absolute atomic E-state index is 12.7. The molecule has 0 aliphatic heterocycles. The van der Waals surface area contributed by atoms with E-state index in [2.05, 4.69) is 5.32 Å². The van der Waals surface area contributed by atoms with Gasteiger partial charge in [0, 0.05) is 28.1 Å². The fraction of sp³-hybridized carbons (Fsp3) is 0.211. The molecule has 1 amide bonds. The molecule has 2 aromatic carbocycles. The number of ether oxygens (including phenoxy) is 1. The van der Waals surface area contributed by atoms with E-state index in [0.29, 0.717) is 24.6 Å². The van der Waals surface area contributed by atoms with Gasteiger partial charge >= 0.3 is 0 Å². The minimum Gasteiger partial charge on any atom is -0.451 e. The number of amides is 1. The second kappa shape index (κ2) is 7.55. The maximum Gasteiger partial charge on any atom is 0.291 e. The van der Waals surface area contributed by atoms with Gasteiger partial charge in [0.2, 0.25) is 0 Å². The largest absolute Gasteiger partial charge is 0.451 e. The van der Waals surface area contributed by atoms with Crippen molar-refractivity contribution in [2.45, 2.75) is 18.4 Å². The Labute approximate surface area is 145 Å². The zero-order chi connectivity index (χ0) is 16.9. The number of benzene rings is 2. The third-order valence-corrected chi connectivity index (χ3v) is 4.41. The van der Waals surface area contributed by atoms with Crippen LogP contribution in [0.15, 0.2) is 57.8 Å². The second-order valence-corrected chi connectivity index (χ2v) is 6.11. The van der Waals surface area contributed by atoms with Crippen LogP contribution in [-0.2, 0) is 11.3 Å². The van der Waals surface area contributed by atoms with E-state index >= 15 is 0 Å². The molecule has 0 spiro atoms. The first-order valence-corrected chi connectivity index (χ1v) is 8.99. The minimum atomic E-state index is -0.265. The summed E-state index contributed by atoms with van der Waals surface area (Å²) in [4.78, 5) is 13.8. The number of fused-ring (bicyclic) bond motifs is 1. The molecule has 1 aromatic heterocycles. The van der Waals surface area contributed by atoms with E-state index in [-0.39, 0.29) is 5.91 Å². The van der Waals surface area contributed by atoms with Crippen LogP contribution in [0.5, 0.6) is 0 Å². The summed E-state index contributed by atoms with van der Waals surface area (Å²) in [7, 11) is 0. The SMILES string of the molecule is CCOCc1c(C(=O)Nc2cccc(SC)c2)oc2ccccc12. The molecule has 0 radical (unpaired) electrons. The summed E-state index contributed by atoms with van der Waals surface area (Å²) in [5, 5.41) is 3.82. The molecule has 0 aliphatic rings. The molecule has 0 saturated carbocycles. The number of furan rings is 1. The summed E-state index contributed by atoms with van der Waals surface area (Å²) in [6, 6.07) is 15.3. The van der Waals surface area contributed by atoms with Gasteiger partial charge in [-0.2, -0.15) is 0 Å². The lowest BCUT2D eigenvalue weighted by Gasteiger charge is -2.07. The summed E-state index contributed by atoms with van der Waals surface area (Å²) in [6.45, 7) is 2.85. The first-order valence-electron chi connectivity index (χ1n) is 7.76. The molecule has 0 bridgehead atoms. The van der Waals surface area contributed by atoms with Gasteiger partial charge in [0.1, 0.15) is 5.58 Å².